The predicted molar refractivity (Wildman–Crippen MR) is 108 cm³/mol. The Bertz CT molecular complexity index is 1260. The van der Waals surface area contributed by atoms with Gasteiger partial charge >= 0.3 is 6.18 Å². The van der Waals surface area contributed by atoms with E-state index in [2.05, 4.69) is 20.3 Å². The molecule has 0 spiro atoms. The molecule has 0 fully saturated rings. The first kappa shape index (κ1) is 20.3. The van der Waals surface area contributed by atoms with Crippen molar-refractivity contribution in [1.82, 2.24) is 20.3 Å². The molecule has 0 aliphatic carbocycles. The van der Waals surface area contributed by atoms with Crippen LogP contribution in [0.5, 0.6) is 11.5 Å². The van der Waals surface area contributed by atoms with Crippen LogP contribution >= 0.6 is 11.8 Å². The fourth-order valence-electron chi connectivity index (χ4n) is 3.01. The van der Waals surface area contributed by atoms with Crippen molar-refractivity contribution >= 4 is 11.8 Å². The summed E-state index contributed by atoms with van der Waals surface area (Å²) in [6, 6.07) is 14.0. The van der Waals surface area contributed by atoms with Crippen LogP contribution in [-0.2, 0) is 11.9 Å². The zero-order chi connectivity index (χ0) is 22.1. The summed E-state index contributed by atoms with van der Waals surface area (Å²) in [6.45, 7) is 0.200. The van der Waals surface area contributed by atoms with Gasteiger partial charge in [0.25, 0.3) is 0 Å². The van der Waals surface area contributed by atoms with Crippen LogP contribution in [0.15, 0.2) is 64.1 Å². The van der Waals surface area contributed by atoms with Crippen LogP contribution in [0.25, 0.3) is 22.6 Å². The zero-order valence-corrected chi connectivity index (χ0v) is 17.0. The molecule has 0 amide bonds. The molecule has 162 valence electrons. The molecule has 0 unspecified atom stereocenters. The van der Waals surface area contributed by atoms with Crippen LogP contribution in [0.1, 0.15) is 11.5 Å². The van der Waals surface area contributed by atoms with Crippen LogP contribution in [0.4, 0.5) is 13.2 Å². The van der Waals surface area contributed by atoms with E-state index >= 15 is 0 Å². The van der Waals surface area contributed by atoms with E-state index in [4.69, 9.17) is 14.0 Å². The third-order valence-corrected chi connectivity index (χ3v) is 5.47. The van der Waals surface area contributed by atoms with Gasteiger partial charge in [-0.25, -0.2) is 0 Å². The number of rotatable bonds is 5. The van der Waals surface area contributed by atoms with E-state index in [0.717, 1.165) is 17.7 Å². The Balaban J connectivity index is 1.25. The van der Waals surface area contributed by atoms with Crippen LogP contribution in [0.2, 0.25) is 0 Å². The number of fused-ring (bicyclic) bond motifs is 1. The number of aromatic nitrogens is 4. The van der Waals surface area contributed by atoms with E-state index in [9.17, 15) is 13.2 Å². The van der Waals surface area contributed by atoms with E-state index in [1.807, 2.05) is 30.3 Å². The number of benzene rings is 2. The number of halogens is 3. The molecule has 2 aromatic carbocycles. The van der Waals surface area contributed by atoms with Crippen molar-refractivity contribution in [2.75, 3.05) is 6.79 Å². The van der Waals surface area contributed by atoms with Gasteiger partial charge in [-0.05, 0) is 42.5 Å². The molecule has 0 N–H and O–H groups in total. The monoisotopic (exact) mass is 458 g/mol. The lowest BCUT2D eigenvalue weighted by atomic mass is 10.1. The number of hydrogen-bond acceptors (Lipinski definition) is 8. The summed E-state index contributed by atoms with van der Waals surface area (Å²) < 4.78 is 54.5. The Morgan fingerprint density at radius 1 is 0.906 bits per heavy atom. The molecular weight excluding hydrogens is 445 g/mol. The molecule has 11 heteroatoms. The molecule has 0 saturated heterocycles. The Morgan fingerprint density at radius 2 is 1.78 bits per heavy atom. The van der Waals surface area contributed by atoms with Gasteiger partial charge in [0.2, 0.25) is 18.5 Å². The van der Waals surface area contributed by atoms with Gasteiger partial charge in [-0.15, -0.1) is 10.2 Å². The minimum absolute atomic E-state index is 0.0935. The van der Waals surface area contributed by atoms with Gasteiger partial charge in [0.1, 0.15) is 5.03 Å². The van der Waals surface area contributed by atoms with Crippen LogP contribution < -0.4 is 9.47 Å². The molecule has 0 saturated carbocycles. The lowest BCUT2D eigenvalue weighted by molar-refractivity contribution is -0.137. The smallest absolute Gasteiger partial charge is 0.416 e. The predicted octanol–water partition coefficient (Wildman–Crippen LogP) is 5.23. The van der Waals surface area contributed by atoms with Crippen LogP contribution in [0.3, 0.4) is 0 Å². The second-order valence-electron chi connectivity index (χ2n) is 6.70. The van der Waals surface area contributed by atoms with E-state index in [1.165, 1.54) is 23.9 Å². The van der Waals surface area contributed by atoms with Gasteiger partial charge in [-0.3, -0.25) is 0 Å². The summed E-state index contributed by atoms with van der Waals surface area (Å²) in [6.07, 6.45) is -4.44. The normalized spacial score (nSPS) is 12.8. The first-order valence-electron chi connectivity index (χ1n) is 9.32. The number of ether oxygens (including phenoxy) is 2. The Hall–Kier alpha value is -3.60. The summed E-state index contributed by atoms with van der Waals surface area (Å²) in [5.41, 5.74) is 0.986. The van der Waals surface area contributed by atoms with E-state index in [-0.39, 0.29) is 24.1 Å². The van der Waals surface area contributed by atoms with Crippen molar-refractivity contribution < 1.29 is 27.2 Å². The molecule has 7 nitrogen and oxygen atoms in total. The maximum Gasteiger partial charge on any atom is 0.416 e. The van der Waals surface area contributed by atoms with Crippen molar-refractivity contribution in [3.05, 3.63) is 66.1 Å². The molecule has 4 aromatic rings. The van der Waals surface area contributed by atoms with Gasteiger partial charge < -0.3 is 14.0 Å². The van der Waals surface area contributed by atoms with E-state index < -0.39 is 11.7 Å². The molecule has 2 aromatic heterocycles. The third-order valence-electron chi connectivity index (χ3n) is 4.57. The van der Waals surface area contributed by atoms with Gasteiger partial charge in [0.05, 0.1) is 17.0 Å². The summed E-state index contributed by atoms with van der Waals surface area (Å²) in [7, 11) is 0. The van der Waals surface area contributed by atoms with Crippen molar-refractivity contribution in [2.45, 2.75) is 17.0 Å². The van der Waals surface area contributed by atoms with Crippen molar-refractivity contribution in [3.8, 4) is 34.1 Å². The fraction of sp³-hybridized carbons (Fsp3) is 0.143. The van der Waals surface area contributed by atoms with Gasteiger partial charge in [0.15, 0.2) is 11.5 Å². The molecule has 1 aliphatic heterocycles. The quantitative estimate of drug-likeness (QED) is 0.376. The number of thioether (sulfide) groups is 1. The first-order valence-corrected chi connectivity index (χ1v) is 10.3. The molecular formula is C21H13F3N4O3S. The topological polar surface area (TPSA) is 83.2 Å². The van der Waals surface area contributed by atoms with E-state index in [1.54, 1.807) is 0 Å². The highest BCUT2D eigenvalue weighted by Crippen LogP contribution is 2.35. The maximum atomic E-state index is 12.9. The highest BCUT2D eigenvalue weighted by molar-refractivity contribution is 7.98. The first-order chi connectivity index (χ1) is 15.5. The summed E-state index contributed by atoms with van der Waals surface area (Å²) in [4.78, 5) is 4.18. The lowest BCUT2D eigenvalue weighted by Crippen LogP contribution is -2.04. The van der Waals surface area contributed by atoms with Crippen molar-refractivity contribution in [2.24, 2.45) is 0 Å². The van der Waals surface area contributed by atoms with E-state index in [0.29, 0.717) is 28.0 Å². The summed E-state index contributed by atoms with van der Waals surface area (Å²) in [5.74, 6) is 2.01. The van der Waals surface area contributed by atoms with Gasteiger partial charge in [-0.2, -0.15) is 18.2 Å². The Morgan fingerprint density at radius 3 is 2.59 bits per heavy atom. The van der Waals surface area contributed by atoms with Crippen LogP contribution in [0, 0.1) is 0 Å². The average molecular weight is 458 g/mol. The van der Waals surface area contributed by atoms with Gasteiger partial charge in [-0.1, -0.05) is 29.1 Å². The minimum Gasteiger partial charge on any atom is -0.454 e. The number of hydrogen-bond donors (Lipinski definition) is 0. The molecule has 5 rings (SSSR count). The summed E-state index contributed by atoms with van der Waals surface area (Å²) >= 11 is 1.32. The molecule has 0 bridgehead atoms. The highest BCUT2D eigenvalue weighted by Gasteiger charge is 2.30. The molecule has 3 heterocycles. The second kappa shape index (κ2) is 8.15. The Labute approximate surface area is 183 Å². The standard InChI is InChI=1S/C21H13F3N4O3S/c22-21(23,24)14-3-1-2-13(8-14)20-25-18(31-28-20)10-32-19-7-5-15(26-27-19)12-4-6-16-17(9-12)30-11-29-16/h1-9H,10-11H2. The average Bonchev–Trinajstić information content (AvgIpc) is 3.47. The number of alkyl halides is 3. The third kappa shape index (κ3) is 4.24. The Kier molecular flexibility index (Phi) is 5.17. The largest absolute Gasteiger partial charge is 0.454 e. The number of nitrogens with zero attached hydrogens (tertiary/aromatic N) is 4. The maximum absolute atomic E-state index is 12.9. The molecule has 32 heavy (non-hydrogen) atoms. The zero-order valence-electron chi connectivity index (χ0n) is 16.2. The van der Waals surface area contributed by atoms with Gasteiger partial charge in [0, 0.05) is 11.1 Å². The fourth-order valence-corrected chi connectivity index (χ4v) is 3.66. The molecule has 0 atom stereocenters. The second-order valence-corrected chi connectivity index (χ2v) is 7.70. The van der Waals surface area contributed by atoms with Crippen molar-refractivity contribution in [1.29, 1.82) is 0 Å². The van der Waals surface area contributed by atoms with Crippen LogP contribution in [-0.4, -0.2) is 27.1 Å². The summed E-state index contributed by atoms with van der Waals surface area (Å²) in [5, 5.41) is 12.8. The lowest BCUT2D eigenvalue weighted by Gasteiger charge is -2.06. The molecule has 1 aliphatic rings. The molecule has 0 radical (unpaired) electrons. The SMILES string of the molecule is FC(F)(F)c1cccc(-c2noc(CSc3ccc(-c4ccc5c(c4)OCO5)nn3)n2)c1. The van der Waals surface area contributed by atoms with Crippen molar-refractivity contribution in [3.63, 3.8) is 0 Å². The minimum atomic E-state index is -4.44. The highest BCUT2D eigenvalue weighted by atomic mass is 32.2.